The summed E-state index contributed by atoms with van der Waals surface area (Å²) in [6, 6.07) is 6.02. The summed E-state index contributed by atoms with van der Waals surface area (Å²) in [7, 11) is -1.78. The third kappa shape index (κ3) is 2.52. The summed E-state index contributed by atoms with van der Waals surface area (Å²) in [6.45, 7) is 11.2. The van der Waals surface area contributed by atoms with E-state index in [2.05, 4.69) is 43.8 Å². The lowest BCUT2D eigenvalue weighted by atomic mass is 10.2. The van der Waals surface area contributed by atoms with Crippen molar-refractivity contribution in [2.75, 3.05) is 0 Å². The number of imidazole rings is 1. The van der Waals surface area contributed by atoms with Gasteiger partial charge in [0, 0.05) is 6.07 Å². The second-order valence-electron chi connectivity index (χ2n) is 6.15. The number of benzene rings is 1. The lowest BCUT2D eigenvalue weighted by molar-refractivity contribution is 0.493. The van der Waals surface area contributed by atoms with Gasteiger partial charge < -0.3 is 14.4 Å². The Hall–Kier alpha value is -1.07. The molecule has 0 aliphatic carbocycles. The van der Waals surface area contributed by atoms with Crippen LogP contribution in [0.2, 0.25) is 18.1 Å². The first-order valence-corrected chi connectivity index (χ1v) is 9.42. The van der Waals surface area contributed by atoms with Crippen molar-refractivity contribution in [1.82, 2.24) is 9.97 Å². The Labute approximate surface area is 114 Å². The van der Waals surface area contributed by atoms with Crippen molar-refractivity contribution in [1.29, 1.82) is 0 Å². The quantitative estimate of drug-likeness (QED) is 0.623. The van der Waals surface area contributed by atoms with Gasteiger partial charge in [0.1, 0.15) is 5.75 Å². The largest absolute Gasteiger partial charge is 0.543 e. The molecule has 3 nitrogen and oxygen atoms in total. The van der Waals surface area contributed by atoms with Gasteiger partial charge in [0.2, 0.25) is 8.32 Å². The summed E-state index contributed by atoms with van der Waals surface area (Å²) < 4.78 is 6.90. The molecule has 0 radical (unpaired) electrons. The molecule has 1 heterocycles. The molecule has 18 heavy (non-hydrogen) atoms. The fourth-order valence-corrected chi connectivity index (χ4v) is 2.77. The second kappa shape index (κ2) is 4.24. The first kappa shape index (κ1) is 13.4. The summed E-state index contributed by atoms with van der Waals surface area (Å²) >= 11 is 5.08. The van der Waals surface area contributed by atoms with E-state index in [1.165, 1.54) is 0 Å². The van der Waals surface area contributed by atoms with E-state index in [1.807, 2.05) is 18.2 Å². The number of aromatic amines is 2. The highest BCUT2D eigenvalue weighted by Crippen LogP contribution is 2.37. The summed E-state index contributed by atoms with van der Waals surface area (Å²) in [4.78, 5) is 6.21. The molecule has 0 saturated heterocycles. The molecule has 98 valence electrons. The smallest absolute Gasteiger partial charge is 0.250 e. The number of hydrogen-bond acceptors (Lipinski definition) is 2. The van der Waals surface area contributed by atoms with Crippen molar-refractivity contribution in [3.05, 3.63) is 23.0 Å². The van der Waals surface area contributed by atoms with E-state index in [0.29, 0.717) is 4.77 Å². The highest BCUT2D eigenvalue weighted by atomic mass is 32.1. The van der Waals surface area contributed by atoms with Gasteiger partial charge >= 0.3 is 0 Å². The molecule has 0 aliphatic heterocycles. The molecule has 0 amide bonds. The molecule has 2 aromatic rings. The Morgan fingerprint density at radius 2 is 1.72 bits per heavy atom. The standard InChI is InChI=1S/C13H20N2OSSi/c1-13(2,3)18(4,5)16-9-6-7-10-11(8-9)15-12(17)14-10/h6-8H,1-5H3,(H2,14,15,17). The molecule has 2 rings (SSSR count). The van der Waals surface area contributed by atoms with E-state index in [1.54, 1.807) is 0 Å². The van der Waals surface area contributed by atoms with Crippen LogP contribution in [0, 0.1) is 4.77 Å². The molecule has 2 N–H and O–H groups in total. The van der Waals surface area contributed by atoms with Crippen molar-refractivity contribution < 1.29 is 4.43 Å². The molecule has 1 aromatic heterocycles. The number of aromatic nitrogens is 2. The average Bonchev–Trinajstić information content (AvgIpc) is 2.54. The Morgan fingerprint density at radius 3 is 2.33 bits per heavy atom. The van der Waals surface area contributed by atoms with E-state index in [0.717, 1.165) is 16.8 Å². The van der Waals surface area contributed by atoms with E-state index in [9.17, 15) is 0 Å². The third-order valence-electron chi connectivity index (χ3n) is 3.67. The second-order valence-corrected chi connectivity index (χ2v) is 11.3. The van der Waals surface area contributed by atoms with Crippen molar-refractivity contribution >= 4 is 31.6 Å². The highest BCUT2D eigenvalue weighted by molar-refractivity contribution is 7.71. The van der Waals surface area contributed by atoms with Crippen LogP contribution in [0.15, 0.2) is 18.2 Å². The number of rotatable bonds is 2. The van der Waals surface area contributed by atoms with Crippen LogP contribution >= 0.6 is 12.2 Å². The molecule has 1 aromatic carbocycles. The molecule has 0 spiro atoms. The summed E-state index contributed by atoms with van der Waals surface area (Å²) in [6.07, 6.45) is 0. The van der Waals surface area contributed by atoms with E-state index in [4.69, 9.17) is 16.6 Å². The van der Waals surface area contributed by atoms with Crippen LogP contribution in [0.1, 0.15) is 20.8 Å². The zero-order chi connectivity index (χ0) is 13.6. The van der Waals surface area contributed by atoms with Gasteiger partial charge in [-0.1, -0.05) is 20.8 Å². The summed E-state index contributed by atoms with van der Waals surface area (Å²) in [5, 5.41) is 0.201. The molecular weight excluding hydrogens is 260 g/mol. The minimum atomic E-state index is -1.78. The normalized spacial score (nSPS) is 12.9. The summed E-state index contributed by atoms with van der Waals surface area (Å²) in [5.41, 5.74) is 2.01. The zero-order valence-corrected chi connectivity index (χ0v) is 13.4. The highest BCUT2D eigenvalue weighted by Gasteiger charge is 2.38. The van der Waals surface area contributed by atoms with Crippen molar-refractivity contribution in [2.45, 2.75) is 38.9 Å². The molecule has 5 heteroatoms. The number of fused-ring (bicyclic) bond motifs is 1. The van der Waals surface area contributed by atoms with E-state index < -0.39 is 8.32 Å². The van der Waals surface area contributed by atoms with E-state index in [-0.39, 0.29) is 5.04 Å². The number of nitrogens with one attached hydrogen (secondary N) is 2. The minimum absolute atomic E-state index is 0.201. The zero-order valence-electron chi connectivity index (χ0n) is 11.5. The SMILES string of the molecule is CC(C)(C)[Si](C)(C)Oc1ccc2[nH]c(=S)[nH]c2c1. The van der Waals surface area contributed by atoms with Gasteiger partial charge in [0.15, 0.2) is 4.77 Å². The first-order chi connectivity index (χ1) is 8.19. The fourth-order valence-electron chi connectivity index (χ4n) is 1.52. The molecular formula is C13H20N2OSSi. The van der Waals surface area contributed by atoms with Crippen LogP contribution in [0.25, 0.3) is 11.0 Å². The molecule has 0 saturated carbocycles. The van der Waals surface area contributed by atoms with Crippen molar-refractivity contribution in [2.24, 2.45) is 0 Å². The van der Waals surface area contributed by atoms with Gasteiger partial charge in [-0.25, -0.2) is 0 Å². The summed E-state index contributed by atoms with van der Waals surface area (Å²) in [5.74, 6) is 0.916. The van der Waals surface area contributed by atoms with Crippen LogP contribution in [-0.2, 0) is 0 Å². The first-order valence-electron chi connectivity index (χ1n) is 6.10. The Morgan fingerprint density at radius 1 is 1.11 bits per heavy atom. The lowest BCUT2D eigenvalue weighted by Gasteiger charge is -2.36. The monoisotopic (exact) mass is 280 g/mol. The maximum atomic E-state index is 6.25. The molecule has 0 fully saturated rings. The Balaban J connectivity index is 2.35. The average molecular weight is 280 g/mol. The van der Waals surface area contributed by atoms with Crippen LogP contribution in [0.5, 0.6) is 5.75 Å². The minimum Gasteiger partial charge on any atom is -0.543 e. The van der Waals surface area contributed by atoms with Crippen LogP contribution in [-0.4, -0.2) is 18.3 Å². The van der Waals surface area contributed by atoms with Gasteiger partial charge in [-0.3, -0.25) is 0 Å². The molecule has 0 atom stereocenters. The van der Waals surface area contributed by atoms with Crippen LogP contribution in [0.4, 0.5) is 0 Å². The predicted octanol–water partition coefficient (Wildman–Crippen LogP) is 4.61. The topological polar surface area (TPSA) is 40.8 Å². The Bertz CT molecular complexity index is 622. The molecule has 0 bridgehead atoms. The third-order valence-corrected chi connectivity index (χ3v) is 8.23. The lowest BCUT2D eigenvalue weighted by Crippen LogP contribution is -2.43. The number of hydrogen-bond donors (Lipinski definition) is 2. The number of H-pyrrole nitrogens is 2. The van der Waals surface area contributed by atoms with Crippen molar-refractivity contribution in [3.63, 3.8) is 0 Å². The molecule has 0 aliphatic rings. The fraction of sp³-hybridized carbons (Fsp3) is 0.462. The van der Waals surface area contributed by atoms with Gasteiger partial charge in [-0.15, -0.1) is 0 Å². The molecule has 0 unspecified atom stereocenters. The predicted molar refractivity (Wildman–Crippen MR) is 81.3 cm³/mol. The van der Waals surface area contributed by atoms with Gasteiger partial charge in [-0.2, -0.15) is 0 Å². The van der Waals surface area contributed by atoms with Crippen LogP contribution < -0.4 is 4.43 Å². The van der Waals surface area contributed by atoms with Gasteiger partial charge in [-0.05, 0) is 42.5 Å². The van der Waals surface area contributed by atoms with Gasteiger partial charge in [0.05, 0.1) is 11.0 Å². The maximum absolute atomic E-state index is 6.25. The van der Waals surface area contributed by atoms with Gasteiger partial charge in [0.25, 0.3) is 0 Å². The van der Waals surface area contributed by atoms with E-state index >= 15 is 0 Å². The maximum Gasteiger partial charge on any atom is 0.250 e. The van der Waals surface area contributed by atoms with Crippen molar-refractivity contribution in [3.8, 4) is 5.75 Å². The Kier molecular flexibility index (Phi) is 3.15. The van der Waals surface area contributed by atoms with Crippen LogP contribution in [0.3, 0.4) is 0 Å².